The number of carbonyl (C=O) groups is 2. The van der Waals surface area contributed by atoms with Crippen LogP contribution in [0.2, 0.25) is 5.15 Å². The Morgan fingerprint density at radius 1 is 1.50 bits per heavy atom. The van der Waals surface area contributed by atoms with Crippen molar-refractivity contribution in [2.24, 2.45) is 0 Å². The van der Waals surface area contributed by atoms with Crippen molar-refractivity contribution in [2.75, 3.05) is 12.4 Å². The number of nitrogens with zero attached hydrogens (tertiary/aromatic N) is 2. The Morgan fingerprint density at radius 3 is 2.81 bits per heavy atom. The Balaban J connectivity index is 2.12. The molecule has 1 aliphatic rings. The number of rotatable bonds is 2. The first kappa shape index (κ1) is 10.9. The predicted octanol–water partition coefficient (Wildman–Crippen LogP) is 0.904. The first-order valence-electron chi connectivity index (χ1n) is 4.77. The summed E-state index contributed by atoms with van der Waals surface area (Å²) in [4.78, 5) is 28.0. The molecule has 0 aromatic carbocycles. The van der Waals surface area contributed by atoms with Gasteiger partial charge in [-0.05, 0) is 12.1 Å². The number of aromatic nitrogens is 1. The normalized spacial score (nSPS) is 20.4. The maximum Gasteiger partial charge on any atom is 0.251 e. The summed E-state index contributed by atoms with van der Waals surface area (Å²) >= 11 is 5.71. The second kappa shape index (κ2) is 4.09. The average molecular weight is 240 g/mol. The van der Waals surface area contributed by atoms with Gasteiger partial charge in [0.2, 0.25) is 5.91 Å². The van der Waals surface area contributed by atoms with Crippen LogP contribution in [0.15, 0.2) is 18.2 Å². The number of hydrogen-bond acceptors (Lipinski definition) is 4. The van der Waals surface area contributed by atoms with Crippen molar-refractivity contribution in [1.29, 1.82) is 0 Å². The number of imide groups is 1. The van der Waals surface area contributed by atoms with Crippen LogP contribution in [-0.4, -0.2) is 34.8 Å². The van der Waals surface area contributed by atoms with Crippen molar-refractivity contribution in [2.45, 2.75) is 12.5 Å². The lowest BCUT2D eigenvalue weighted by Gasteiger charge is -2.11. The molecule has 1 fully saturated rings. The first-order valence-corrected chi connectivity index (χ1v) is 5.15. The summed E-state index contributed by atoms with van der Waals surface area (Å²) in [5.41, 5.74) is 0. The maximum absolute atomic E-state index is 11.6. The Hall–Kier alpha value is -1.62. The lowest BCUT2D eigenvalue weighted by atomic mass is 10.2. The van der Waals surface area contributed by atoms with Crippen molar-refractivity contribution >= 4 is 29.2 Å². The van der Waals surface area contributed by atoms with E-state index in [1.807, 2.05) is 0 Å². The third kappa shape index (κ3) is 1.99. The van der Waals surface area contributed by atoms with Gasteiger partial charge >= 0.3 is 0 Å². The number of likely N-dealkylation sites (N-methyl/N-ethyl adjacent to an activating group) is 1. The van der Waals surface area contributed by atoms with Crippen LogP contribution in [0.3, 0.4) is 0 Å². The molecule has 84 valence electrons. The quantitative estimate of drug-likeness (QED) is 0.615. The fraction of sp³-hybridized carbons (Fsp3) is 0.300. The summed E-state index contributed by atoms with van der Waals surface area (Å²) < 4.78 is 0. The minimum Gasteiger partial charge on any atom is -0.358 e. The molecular weight excluding hydrogens is 230 g/mol. The van der Waals surface area contributed by atoms with E-state index in [0.717, 1.165) is 4.90 Å². The molecule has 2 heterocycles. The zero-order chi connectivity index (χ0) is 11.7. The molecule has 1 aliphatic heterocycles. The van der Waals surface area contributed by atoms with Gasteiger partial charge in [0.15, 0.2) is 0 Å². The summed E-state index contributed by atoms with van der Waals surface area (Å²) in [6.45, 7) is 0. The van der Waals surface area contributed by atoms with Crippen LogP contribution >= 0.6 is 11.6 Å². The van der Waals surface area contributed by atoms with Crippen LogP contribution < -0.4 is 5.32 Å². The predicted molar refractivity (Wildman–Crippen MR) is 59.1 cm³/mol. The maximum atomic E-state index is 11.6. The molecule has 1 saturated heterocycles. The van der Waals surface area contributed by atoms with Crippen molar-refractivity contribution in [1.82, 2.24) is 9.88 Å². The molecule has 2 amide bonds. The molecule has 0 saturated carbocycles. The number of halogens is 1. The van der Waals surface area contributed by atoms with Crippen LogP contribution in [0.5, 0.6) is 0 Å². The van der Waals surface area contributed by atoms with Gasteiger partial charge in [-0.25, -0.2) is 4.98 Å². The molecular formula is C10H10ClN3O2. The number of nitrogens with one attached hydrogen (secondary N) is 1. The first-order chi connectivity index (χ1) is 7.58. The van der Waals surface area contributed by atoms with Gasteiger partial charge in [0.1, 0.15) is 17.0 Å². The number of likely N-dealkylation sites (tertiary alicyclic amines) is 1. The number of hydrogen-bond donors (Lipinski definition) is 1. The zero-order valence-corrected chi connectivity index (χ0v) is 9.36. The van der Waals surface area contributed by atoms with Crippen LogP contribution in [0.1, 0.15) is 6.42 Å². The highest BCUT2D eigenvalue weighted by Gasteiger charge is 2.36. The standard InChI is InChI=1S/C10H10ClN3O2/c1-14-9(15)5-6(10(14)16)12-8-4-2-3-7(11)13-8/h2-4,6H,5H2,1H3,(H,12,13). The molecule has 1 N–H and O–H groups in total. The fourth-order valence-corrected chi connectivity index (χ4v) is 1.70. The second-order valence-electron chi connectivity index (χ2n) is 3.54. The molecule has 5 nitrogen and oxygen atoms in total. The molecule has 0 aliphatic carbocycles. The Bertz CT molecular complexity index is 449. The third-order valence-corrected chi connectivity index (χ3v) is 2.63. The van der Waals surface area contributed by atoms with E-state index >= 15 is 0 Å². The SMILES string of the molecule is CN1C(=O)CC(Nc2cccc(Cl)n2)C1=O. The molecule has 0 bridgehead atoms. The number of pyridine rings is 1. The van der Waals surface area contributed by atoms with E-state index in [0.29, 0.717) is 11.0 Å². The molecule has 16 heavy (non-hydrogen) atoms. The van der Waals surface area contributed by atoms with Crippen LogP contribution in [0.4, 0.5) is 5.82 Å². The van der Waals surface area contributed by atoms with Gasteiger partial charge in [-0.2, -0.15) is 0 Å². The summed E-state index contributed by atoms with van der Waals surface area (Å²) in [5.74, 6) is 0.0604. The lowest BCUT2D eigenvalue weighted by Crippen LogP contribution is -2.32. The minimum absolute atomic E-state index is 0.156. The van der Waals surface area contributed by atoms with Crippen molar-refractivity contribution < 1.29 is 9.59 Å². The summed E-state index contributed by atoms with van der Waals surface area (Å²) in [7, 11) is 1.47. The Kier molecular flexibility index (Phi) is 2.78. The molecule has 2 rings (SSSR count). The minimum atomic E-state index is -0.538. The van der Waals surface area contributed by atoms with Gasteiger partial charge in [0.25, 0.3) is 5.91 Å². The van der Waals surface area contributed by atoms with Gasteiger partial charge in [0.05, 0.1) is 6.42 Å². The Morgan fingerprint density at radius 2 is 2.25 bits per heavy atom. The summed E-state index contributed by atoms with van der Waals surface area (Å²) in [6.07, 6.45) is 0.156. The van der Waals surface area contributed by atoms with Gasteiger partial charge in [-0.1, -0.05) is 17.7 Å². The lowest BCUT2D eigenvalue weighted by molar-refractivity contribution is -0.136. The van der Waals surface area contributed by atoms with Crippen molar-refractivity contribution in [3.63, 3.8) is 0 Å². The monoisotopic (exact) mass is 239 g/mol. The molecule has 1 aromatic rings. The summed E-state index contributed by atoms with van der Waals surface area (Å²) in [6, 6.07) is 4.52. The highest BCUT2D eigenvalue weighted by Crippen LogP contribution is 2.16. The van der Waals surface area contributed by atoms with E-state index in [4.69, 9.17) is 11.6 Å². The molecule has 1 aromatic heterocycles. The van der Waals surface area contributed by atoms with E-state index in [2.05, 4.69) is 10.3 Å². The van der Waals surface area contributed by atoms with Gasteiger partial charge < -0.3 is 5.32 Å². The van der Waals surface area contributed by atoms with Crippen molar-refractivity contribution in [3.05, 3.63) is 23.4 Å². The Labute approximate surface area is 97.4 Å². The highest BCUT2D eigenvalue weighted by molar-refractivity contribution is 6.29. The molecule has 0 spiro atoms. The van der Waals surface area contributed by atoms with Crippen molar-refractivity contribution in [3.8, 4) is 0 Å². The number of carbonyl (C=O) groups excluding carboxylic acids is 2. The number of anilines is 1. The zero-order valence-electron chi connectivity index (χ0n) is 8.61. The third-order valence-electron chi connectivity index (χ3n) is 2.42. The van der Waals surface area contributed by atoms with Gasteiger partial charge in [-0.15, -0.1) is 0 Å². The molecule has 0 radical (unpaired) electrons. The van der Waals surface area contributed by atoms with Crippen LogP contribution in [0, 0.1) is 0 Å². The van der Waals surface area contributed by atoms with Gasteiger partial charge in [-0.3, -0.25) is 14.5 Å². The van der Waals surface area contributed by atoms with E-state index in [1.165, 1.54) is 7.05 Å². The van der Waals surface area contributed by atoms with E-state index in [-0.39, 0.29) is 18.2 Å². The van der Waals surface area contributed by atoms with E-state index < -0.39 is 6.04 Å². The van der Waals surface area contributed by atoms with Crippen LogP contribution in [-0.2, 0) is 9.59 Å². The topological polar surface area (TPSA) is 62.3 Å². The van der Waals surface area contributed by atoms with Crippen LogP contribution in [0.25, 0.3) is 0 Å². The second-order valence-corrected chi connectivity index (χ2v) is 3.92. The summed E-state index contributed by atoms with van der Waals surface area (Å²) in [5, 5.41) is 3.23. The average Bonchev–Trinajstić information content (AvgIpc) is 2.47. The largest absolute Gasteiger partial charge is 0.358 e. The molecule has 1 unspecified atom stereocenters. The van der Waals surface area contributed by atoms with Gasteiger partial charge in [0, 0.05) is 7.05 Å². The smallest absolute Gasteiger partial charge is 0.251 e. The fourth-order valence-electron chi connectivity index (χ4n) is 1.54. The van der Waals surface area contributed by atoms with E-state index in [1.54, 1.807) is 18.2 Å². The van der Waals surface area contributed by atoms with E-state index in [9.17, 15) is 9.59 Å². The number of amides is 2. The molecule has 1 atom stereocenters. The molecule has 6 heteroatoms. The highest BCUT2D eigenvalue weighted by atomic mass is 35.5.